The van der Waals surface area contributed by atoms with Crippen LogP contribution >= 0.6 is 27.3 Å². The molecule has 0 radical (unpaired) electrons. The predicted octanol–water partition coefficient (Wildman–Crippen LogP) is 1.98. The number of halogens is 1. The zero-order valence-electron chi connectivity index (χ0n) is 10.3. The molecule has 2 rings (SSSR count). The van der Waals surface area contributed by atoms with Gasteiger partial charge in [0.1, 0.15) is 5.54 Å². The zero-order valence-corrected chi connectivity index (χ0v) is 12.7. The quantitative estimate of drug-likeness (QED) is 0.917. The van der Waals surface area contributed by atoms with Crippen molar-refractivity contribution < 1.29 is 9.53 Å². The highest BCUT2D eigenvalue weighted by molar-refractivity contribution is 9.11. The van der Waals surface area contributed by atoms with Crippen LogP contribution in [0.15, 0.2) is 15.9 Å². The molecule has 0 aromatic carbocycles. The van der Waals surface area contributed by atoms with Crippen LogP contribution in [0.2, 0.25) is 0 Å². The Kier molecular flexibility index (Phi) is 4.42. The van der Waals surface area contributed by atoms with E-state index in [1.165, 1.54) is 0 Å². The number of rotatable bonds is 4. The Labute approximate surface area is 119 Å². The van der Waals surface area contributed by atoms with Gasteiger partial charge in [0.15, 0.2) is 0 Å². The summed E-state index contributed by atoms with van der Waals surface area (Å²) in [6, 6.07) is 4.02. The van der Waals surface area contributed by atoms with Crippen molar-refractivity contribution >= 4 is 33.2 Å². The summed E-state index contributed by atoms with van der Waals surface area (Å²) in [5, 5.41) is 0. The van der Waals surface area contributed by atoms with Gasteiger partial charge in [-0.05, 0) is 41.4 Å². The Balaban J connectivity index is 2.06. The van der Waals surface area contributed by atoms with E-state index in [1.54, 1.807) is 16.2 Å². The van der Waals surface area contributed by atoms with Crippen LogP contribution in [0.25, 0.3) is 0 Å². The average molecular weight is 333 g/mol. The van der Waals surface area contributed by atoms with E-state index in [4.69, 9.17) is 10.5 Å². The van der Waals surface area contributed by atoms with Crippen LogP contribution in [0.3, 0.4) is 0 Å². The third kappa shape index (κ3) is 2.93. The molecule has 6 heteroatoms. The summed E-state index contributed by atoms with van der Waals surface area (Å²) in [6.07, 6.45) is 0.608. The predicted molar refractivity (Wildman–Crippen MR) is 75.5 cm³/mol. The Morgan fingerprint density at radius 2 is 2.44 bits per heavy atom. The normalized spacial score (nSPS) is 23.3. The minimum absolute atomic E-state index is 0.00739. The van der Waals surface area contributed by atoms with Crippen LogP contribution in [0, 0.1) is 0 Å². The van der Waals surface area contributed by atoms with E-state index in [0.717, 1.165) is 8.66 Å². The summed E-state index contributed by atoms with van der Waals surface area (Å²) in [5.41, 5.74) is 5.29. The van der Waals surface area contributed by atoms with E-state index in [0.29, 0.717) is 32.7 Å². The molecule has 4 nitrogen and oxygen atoms in total. The van der Waals surface area contributed by atoms with Crippen molar-refractivity contribution in [2.24, 2.45) is 5.73 Å². The minimum atomic E-state index is -0.829. The maximum Gasteiger partial charge on any atom is 0.245 e. The van der Waals surface area contributed by atoms with Crippen LogP contribution in [-0.2, 0) is 16.1 Å². The molecule has 1 aliphatic rings. The Morgan fingerprint density at radius 1 is 1.67 bits per heavy atom. The van der Waals surface area contributed by atoms with Crippen molar-refractivity contribution in [2.45, 2.75) is 25.4 Å². The van der Waals surface area contributed by atoms with E-state index in [9.17, 15) is 4.79 Å². The number of carbonyl (C=O) groups excluding carboxylic acids is 1. The summed E-state index contributed by atoms with van der Waals surface area (Å²) < 4.78 is 6.33. The molecular weight excluding hydrogens is 316 g/mol. The monoisotopic (exact) mass is 332 g/mol. The van der Waals surface area contributed by atoms with Gasteiger partial charge in [-0.25, -0.2) is 0 Å². The molecule has 1 amide bonds. The molecule has 1 aromatic rings. The van der Waals surface area contributed by atoms with Gasteiger partial charge >= 0.3 is 0 Å². The third-order valence-corrected chi connectivity index (χ3v) is 4.73. The van der Waals surface area contributed by atoms with Crippen molar-refractivity contribution in [3.63, 3.8) is 0 Å². The van der Waals surface area contributed by atoms with Crippen molar-refractivity contribution in [2.75, 3.05) is 19.8 Å². The lowest BCUT2D eigenvalue weighted by molar-refractivity contribution is -0.137. The summed E-state index contributed by atoms with van der Waals surface area (Å²) in [4.78, 5) is 15.4. The molecule has 1 fully saturated rings. The minimum Gasteiger partial charge on any atom is -0.379 e. The molecule has 100 valence electrons. The van der Waals surface area contributed by atoms with Gasteiger partial charge in [0, 0.05) is 18.0 Å². The molecule has 0 saturated carbocycles. The number of amides is 1. The van der Waals surface area contributed by atoms with Crippen LogP contribution in [-0.4, -0.2) is 36.1 Å². The van der Waals surface area contributed by atoms with Crippen LogP contribution in [0.5, 0.6) is 0 Å². The maximum absolute atomic E-state index is 12.4. The topological polar surface area (TPSA) is 55.6 Å². The molecule has 2 N–H and O–H groups in total. The molecule has 1 aromatic heterocycles. The first-order valence-corrected chi connectivity index (χ1v) is 7.56. The number of carbonyl (C=O) groups is 1. The number of nitrogens with zero attached hydrogens (tertiary/aromatic N) is 1. The van der Waals surface area contributed by atoms with Gasteiger partial charge in [0.2, 0.25) is 5.91 Å². The highest BCUT2D eigenvalue weighted by atomic mass is 79.9. The lowest BCUT2D eigenvalue weighted by atomic mass is 9.98. The maximum atomic E-state index is 12.4. The number of thiophene rings is 1. The molecule has 1 saturated heterocycles. The molecular formula is C12H17BrN2O2S. The van der Waals surface area contributed by atoms with Crippen molar-refractivity contribution in [3.8, 4) is 0 Å². The van der Waals surface area contributed by atoms with Gasteiger partial charge < -0.3 is 15.4 Å². The zero-order chi connectivity index (χ0) is 13.2. The highest BCUT2D eigenvalue weighted by Crippen LogP contribution is 2.25. The first-order chi connectivity index (χ1) is 8.55. The number of hydrogen-bond donors (Lipinski definition) is 1. The molecule has 18 heavy (non-hydrogen) atoms. The largest absolute Gasteiger partial charge is 0.379 e. The molecule has 1 atom stereocenters. The summed E-state index contributed by atoms with van der Waals surface area (Å²) in [6.45, 7) is 4.15. The standard InChI is InChI=1S/C12H17BrN2O2S/c1-2-15(7-9-3-4-10(13)18-9)11(16)12(14)5-6-17-8-12/h3-4H,2,5-8,14H2,1H3. The lowest BCUT2D eigenvalue weighted by Crippen LogP contribution is -2.55. The van der Waals surface area contributed by atoms with Crippen molar-refractivity contribution in [1.82, 2.24) is 4.90 Å². The second-order valence-electron chi connectivity index (χ2n) is 4.48. The first-order valence-electron chi connectivity index (χ1n) is 5.95. The third-order valence-electron chi connectivity index (χ3n) is 3.12. The van der Waals surface area contributed by atoms with E-state index >= 15 is 0 Å². The van der Waals surface area contributed by atoms with Gasteiger partial charge in [-0.2, -0.15) is 0 Å². The first kappa shape index (κ1) is 14.0. The molecule has 1 unspecified atom stereocenters. The fourth-order valence-electron chi connectivity index (χ4n) is 2.02. The second kappa shape index (κ2) is 5.69. The number of ether oxygens (including phenoxy) is 1. The second-order valence-corrected chi connectivity index (χ2v) is 7.03. The molecule has 0 aliphatic carbocycles. The molecule has 2 heterocycles. The number of likely N-dealkylation sites (N-methyl/N-ethyl adjacent to an activating group) is 1. The molecule has 0 bridgehead atoms. The van der Waals surface area contributed by atoms with E-state index in [-0.39, 0.29) is 5.91 Å². The van der Waals surface area contributed by atoms with Crippen LogP contribution < -0.4 is 5.73 Å². The van der Waals surface area contributed by atoms with Gasteiger partial charge in [-0.15, -0.1) is 11.3 Å². The Bertz CT molecular complexity index is 429. The SMILES string of the molecule is CCN(Cc1ccc(Br)s1)C(=O)C1(N)CCOC1. The van der Waals surface area contributed by atoms with Crippen molar-refractivity contribution in [3.05, 3.63) is 20.8 Å². The summed E-state index contributed by atoms with van der Waals surface area (Å²) in [5.74, 6) is -0.00739. The number of nitrogens with two attached hydrogens (primary N) is 1. The number of hydrogen-bond acceptors (Lipinski definition) is 4. The summed E-state index contributed by atoms with van der Waals surface area (Å²) in [7, 11) is 0. The van der Waals surface area contributed by atoms with Gasteiger partial charge in [-0.3, -0.25) is 4.79 Å². The Morgan fingerprint density at radius 3 is 2.94 bits per heavy atom. The average Bonchev–Trinajstić information content (AvgIpc) is 2.95. The summed E-state index contributed by atoms with van der Waals surface area (Å²) >= 11 is 5.07. The van der Waals surface area contributed by atoms with Gasteiger partial charge in [0.25, 0.3) is 0 Å². The van der Waals surface area contributed by atoms with E-state index in [2.05, 4.69) is 15.9 Å². The highest BCUT2D eigenvalue weighted by Gasteiger charge is 2.40. The van der Waals surface area contributed by atoms with Gasteiger partial charge in [-0.1, -0.05) is 0 Å². The lowest BCUT2D eigenvalue weighted by Gasteiger charge is -2.29. The van der Waals surface area contributed by atoms with Crippen LogP contribution in [0.4, 0.5) is 0 Å². The van der Waals surface area contributed by atoms with Gasteiger partial charge in [0.05, 0.1) is 16.9 Å². The fraction of sp³-hybridized carbons (Fsp3) is 0.583. The van der Waals surface area contributed by atoms with E-state index in [1.807, 2.05) is 19.1 Å². The smallest absolute Gasteiger partial charge is 0.245 e. The van der Waals surface area contributed by atoms with Crippen molar-refractivity contribution in [1.29, 1.82) is 0 Å². The molecule has 0 spiro atoms. The Hall–Kier alpha value is -0.430. The van der Waals surface area contributed by atoms with Crippen LogP contribution in [0.1, 0.15) is 18.2 Å². The fourth-order valence-corrected chi connectivity index (χ4v) is 3.52. The van der Waals surface area contributed by atoms with E-state index < -0.39 is 5.54 Å². The molecule has 1 aliphatic heterocycles.